The number of aliphatic hydroxyl groups excluding tert-OH is 1. The minimum Gasteiger partial charge on any atom is -0.489 e. The molecule has 1 atom stereocenters. The number of carbonyl (C=O) groups excluding carboxylic acids is 1. The Balaban J connectivity index is 2.24. The molecule has 0 aliphatic carbocycles. The van der Waals surface area contributed by atoms with Gasteiger partial charge in [0, 0.05) is 11.1 Å². The molecule has 1 unspecified atom stereocenters. The normalized spacial score (nSPS) is 12.5. The molecule has 2 rings (SSSR count). The van der Waals surface area contributed by atoms with Gasteiger partial charge >= 0.3 is 6.18 Å². The largest absolute Gasteiger partial charge is 0.489 e. The van der Waals surface area contributed by atoms with E-state index < -0.39 is 17.6 Å². The Labute approximate surface area is 233 Å². The van der Waals surface area contributed by atoms with E-state index in [0.29, 0.717) is 22.0 Å². The lowest BCUT2D eigenvalue weighted by Gasteiger charge is -2.20. The summed E-state index contributed by atoms with van der Waals surface area (Å²) >= 11 is 3.54. The van der Waals surface area contributed by atoms with Crippen molar-refractivity contribution in [2.24, 2.45) is 11.7 Å². The Kier molecular flexibility index (Phi) is 13.7. The highest BCUT2D eigenvalue weighted by Gasteiger charge is 2.31. The van der Waals surface area contributed by atoms with Crippen molar-refractivity contribution in [3.8, 4) is 16.9 Å². The Morgan fingerprint density at radius 2 is 1.74 bits per heavy atom. The first-order valence-corrected chi connectivity index (χ1v) is 14.5. The van der Waals surface area contributed by atoms with Gasteiger partial charge < -0.3 is 15.6 Å². The van der Waals surface area contributed by atoms with Crippen molar-refractivity contribution in [2.45, 2.75) is 90.7 Å². The van der Waals surface area contributed by atoms with Gasteiger partial charge in [-0.2, -0.15) is 13.2 Å². The number of unbranched alkanes of at least 4 members (excludes halogenated alkanes) is 5. The second-order valence-electron chi connectivity index (χ2n) is 9.83. The smallest absolute Gasteiger partial charge is 0.416 e. The molecular weight excluding hydrogens is 559 g/mol. The molecule has 0 radical (unpaired) electrons. The molecule has 0 aromatic heterocycles. The molecule has 0 bridgehead atoms. The van der Waals surface area contributed by atoms with Gasteiger partial charge in [0.15, 0.2) is 0 Å². The van der Waals surface area contributed by atoms with E-state index in [1.807, 2.05) is 0 Å². The van der Waals surface area contributed by atoms with Gasteiger partial charge in [-0.25, -0.2) is 0 Å². The van der Waals surface area contributed by atoms with Crippen molar-refractivity contribution in [2.75, 3.05) is 13.2 Å². The van der Waals surface area contributed by atoms with Crippen molar-refractivity contribution in [1.82, 2.24) is 0 Å². The van der Waals surface area contributed by atoms with E-state index in [4.69, 9.17) is 10.5 Å². The molecule has 2 aromatic carbocycles. The van der Waals surface area contributed by atoms with Crippen molar-refractivity contribution in [3.05, 3.63) is 51.5 Å². The van der Waals surface area contributed by atoms with Gasteiger partial charge in [0.2, 0.25) is 5.91 Å². The minimum atomic E-state index is -4.52. The van der Waals surface area contributed by atoms with Crippen LogP contribution in [0.2, 0.25) is 0 Å². The summed E-state index contributed by atoms with van der Waals surface area (Å²) in [6.07, 6.45) is 7.77. The molecule has 212 valence electrons. The van der Waals surface area contributed by atoms with Gasteiger partial charge in [-0.1, -0.05) is 83.8 Å². The molecule has 4 nitrogen and oxygen atoms in total. The second kappa shape index (κ2) is 16.1. The molecule has 3 N–H and O–H groups in total. The molecule has 0 spiro atoms. The van der Waals surface area contributed by atoms with Crippen LogP contribution in [0.25, 0.3) is 11.1 Å². The summed E-state index contributed by atoms with van der Waals surface area (Å²) in [5.74, 6) is 0.377. The van der Waals surface area contributed by atoms with E-state index in [9.17, 15) is 23.1 Å². The van der Waals surface area contributed by atoms with E-state index >= 15 is 0 Å². The molecule has 38 heavy (non-hydrogen) atoms. The van der Waals surface area contributed by atoms with Gasteiger partial charge in [0.1, 0.15) is 12.4 Å². The maximum absolute atomic E-state index is 13.4. The van der Waals surface area contributed by atoms with Crippen molar-refractivity contribution in [1.29, 1.82) is 0 Å². The zero-order valence-electron chi connectivity index (χ0n) is 22.5. The van der Waals surface area contributed by atoms with Crippen LogP contribution in [-0.4, -0.2) is 24.2 Å². The first-order chi connectivity index (χ1) is 18.1. The maximum atomic E-state index is 13.4. The predicted octanol–water partition coefficient (Wildman–Crippen LogP) is 8.70. The highest BCUT2D eigenvalue weighted by atomic mass is 79.9. The van der Waals surface area contributed by atoms with E-state index in [1.165, 1.54) is 63.1 Å². The summed E-state index contributed by atoms with van der Waals surface area (Å²) in [6.45, 7) is 4.16. The van der Waals surface area contributed by atoms with E-state index in [0.717, 1.165) is 37.3 Å². The van der Waals surface area contributed by atoms with Crippen LogP contribution in [0.5, 0.6) is 5.75 Å². The SMILES string of the molecule is CCCCCCC(CC)CCCCCc1c(C(N)=O)cc(-c2cccc(C(F)(F)F)c2)c(OCCO)c1Br. The highest BCUT2D eigenvalue weighted by Crippen LogP contribution is 2.43. The highest BCUT2D eigenvalue weighted by molar-refractivity contribution is 9.10. The van der Waals surface area contributed by atoms with Crippen LogP contribution in [0.1, 0.15) is 99.5 Å². The Bertz CT molecular complexity index is 1030. The van der Waals surface area contributed by atoms with Crippen LogP contribution >= 0.6 is 15.9 Å². The fraction of sp³-hybridized carbons (Fsp3) is 0.567. The van der Waals surface area contributed by atoms with Crippen LogP contribution in [0.3, 0.4) is 0 Å². The molecular formula is C30H41BrF3NO3. The number of benzene rings is 2. The van der Waals surface area contributed by atoms with Crippen LogP contribution in [0, 0.1) is 5.92 Å². The fourth-order valence-electron chi connectivity index (χ4n) is 4.83. The van der Waals surface area contributed by atoms with E-state index in [2.05, 4.69) is 29.8 Å². The molecule has 1 amide bonds. The second-order valence-corrected chi connectivity index (χ2v) is 10.6. The first kappa shape index (κ1) is 32.2. The number of halogens is 4. The number of amides is 1. The zero-order valence-corrected chi connectivity index (χ0v) is 24.1. The van der Waals surface area contributed by atoms with Gasteiger partial charge in [0.25, 0.3) is 0 Å². The van der Waals surface area contributed by atoms with Crippen LogP contribution in [-0.2, 0) is 12.6 Å². The molecule has 2 aromatic rings. The Morgan fingerprint density at radius 1 is 1.05 bits per heavy atom. The average molecular weight is 601 g/mol. The average Bonchev–Trinajstić information content (AvgIpc) is 2.88. The van der Waals surface area contributed by atoms with Gasteiger partial charge in [-0.15, -0.1) is 0 Å². The third-order valence-corrected chi connectivity index (χ3v) is 7.85. The number of hydrogen-bond donors (Lipinski definition) is 2. The molecule has 0 fully saturated rings. The Morgan fingerprint density at radius 3 is 2.32 bits per heavy atom. The number of aliphatic hydroxyl groups is 1. The topological polar surface area (TPSA) is 72.6 Å². The minimum absolute atomic E-state index is 0.0451. The summed E-state index contributed by atoms with van der Waals surface area (Å²) in [7, 11) is 0. The third kappa shape index (κ3) is 9.60. The number of hydrogen-bond acceptors (Lipinski definition) is 3. The number of primary amides is 1. The number of alkyl halides is 3. The summed E-state index contributed by atoms with van der Waals surface area (Å²) in [5.41, 5.74) is 6.39. The number of carbonyl (C=O) groups is 1. The van der Waals surface area contributed by atoms with Crippen molar-refractivity contribution < 1.29 is 27.8 Å². The quantitative estimate of drug-likeness (QED) is 0.179. The predicted molar refractivity (Wildman–Crippen MR) is 150 cm³/mol. The summed E-state index contributed by atoms with van der Waals surface area (Å²) in [4.78, 5) is 12.4. The maximum Gasteiger partial charge on any atom is 0.416 e. The first-order valence-electron chi connectivity index (χ1n) is 13.7. The van der Waals surface area contributed by atoms with Crippen molar-refractivity contribution >= 4 is 21.8 Å². The zero-order chi connectivity index (χ0) is 28.1. The Hall–Kier alpha value is -2.06. The number of rotatable bonds is 17. The molecule has 0 heterocycles. The fourth-order valence-corrected chi connectivity index (χ4v) is 5.56. The lowest BCUT2D eigenvalue weighted by molar-refractivity contribution is -0.137. The third-order valence-electron chi connectivity index (χ3n) is 7.01. The molecule has 0 saturated heterocycles. The summed E-state index contributed by atoms with van der Waals surface area (Å²) in [6, 6.07) is 6.36. The van der Waals surface area contributed by atoms with E-state index in [-0.39, 0.29) is 30.1 Å². The number of ether oxygens (including phenoxy) is 1. The van der Waals surface area contributed by atoms with Gasteiger partial charge in [-0.05, 0) is 64.0 Å². The van der Waals surface area contributed by atoms with Gasteiger partial charge in [0.05, 0.1) is 16.6 Å². The lowest BCUT2D eigenvalue weighted by atomic mass is 9.91. The van der Waals surface area contributed by atoms with Crippen LogP contribution < -0.4 is 10.5 Å². The van der Waals surface area contributed by atoms with E-state index in [1.54, 1.807) is 0 Å². The lowest BCUT2D eigenvalue weighted by Crippen LogP contribution is -2.16. The van der Waals surface area contributed by atoms with Crippen LogP contribution in [0.15, 0.2) is 34.8 Å². The monoisotopic (exact) mass is 599 g/mol. The summed E-state index contributed by atoms with van der Waals surface area (Å²) in [5, 5.41) is 9.33. The molecule has 0 saturated carbocycles. The number of nitrogens with two attached hydrogens (primary N) is 1. The molecule has 8 heteroatoms. The molecule has 0 aliphatic heterocycles. The molecule has 0 aliphatic rings. The van der Waals surface area contributed by atoms with Gasteiger partial charge in [-0.3, -0.25) is 4.79 Å². The van der Waals surface area contributed by atoms with Crippen molar-refractivity contribution in [3.63, 3.8) is 0 Å². The van der Waals surface area contributed by atoms with Crippen LogP contribution in [0.4, 0.5) is 13.2 Å². The standard InChI is InChI=1S/C30H41BrF3NO3/c1-3-5-6-8-12-21(4-2)13-9-7-10-16-24-26(29(35)37)20-25(28(27(24)31)38-18-17-36)22-14-11-15-23(19-22)30(32,33)34/h11,14-15,19-21,36H,3-10,12-13,16-18H2,1-2H3,(H2,35,37). The summed E-state index contributed by atoms with van der Waals surface area (Å²) < 4.78 is 46.3.